The lowest BCUT2D eigenvalue weighted by atomic mass is 9.61. The fourth-order valence-electron chi connectivity index (χ4n) is 7.12. The van der Waals surface area contributed by atoms with Crippen LogP contribution in [0.5, 0.6) is 0 Å². The van der Waals surface area contributed by atoms with Gasteiger partial charge < -0.3 is 25.1 Å². The van der Waals surface area contributed by atoms with Crippen molar-refractivity contribution in [3.8, 4) is 6.19 Å². The number of nitriles is 1. The van der Waals surface area contributed by atoms with Crippen molar-refractivity contribution in [2.75, 3.05) is 11.9 Å². The van der Waals surface area contributed by atoms with E-state index in [2.05, 4.69) is 34.1 Å². The number of benzene rings is 1. The third kappa shape index (κ3) is 4.42. The van der Waals surface area contributed by atoms with Crippen molar-refractivity contribution in [3.05, 3.63) is 65.9 Å². The number of hydrogen-bond acceptors (Lipinski definition) is 8. The van der Waals surface area contributed by atoms with E-state index in [1.54, 1.807) is 23.0 Å². The number of aryl methyl sites for hydroxylation is 1. The lowest BCUT2D eigenvalue weighted by Crippen LogP contribution is -2.60. The fourth-order valence-corrected chi connectivity index (χ4v) is 7.12. The number of carbonyl (C=O) groups is 2. The molecule has 0 spiro atoms. The standard InChI is InChI=1S/C29H33N7O4/c1-18-21-13-26(35(17-30)15-19(21)8-9-24(18)37)29(22-5-2-3-6-23(22)32-28(29)39)10-11-36-16-20(33-34-36)14-31-27(38)25-7-4-12-40-25/h2-7,12,16,18-19,21,24,26,37H,8-11,13-15H2,1H3,(H,31,38)(H,32,39)/t18-,19+,21-,24+,26+,29+/m1/s1. The van der Waals surface area contributed by atoms with Crippen LogP contribution in [0, 0.1) is 29.2 Å². The maximum Gasteiger partial charge on any atom is 0.287 e. The smallest absolute Gasteiger partial charge is 0.287 e. The number of hydrogen-bond donors (Lipinski definition) is 3. The van der Waals surface area contributed by atoms with E-state index in [9.17, 15) is 20.0 Å². The number of furan rings is 1. The third-order valence-electron chi connectivity index (χ3n) is 9.28. The zero-order valence-electron chi connectivity index (χ0n) is 22.4. The summed E-state index contributed by atoms with van der Waals surface area (Å²) in [6.45, 7) is 3.26. The molecule has 1 aromatic carbocycles. The van der Waals surface area contributed by atoms with Gasteiger partial charge in [-0.1, -0.05) is 30.3 Å². The predicted octanol–water partition coefficient (Wildman–Crippen LogP) is 2.66. The first-order valence-electron chi connectivity index (χ1n) is 13.9. The Kier molecular flexibility index (Phi) is 6.80. The van der Waals surface area contributed by atoms with E-state index in [1.807, 2.05) is 29.2 Å². The van der Waals surface area contributed by atoms with Crippen LogP contribution in [0.2, 0.25) is 0 Å². The van der Waals surface area contributed by atoms with Crippen molar-refractivity contribution in [2.45, 2.75) is 63.3 Å². The van der Waals surface area contributed by atoms with E-state index in [0.717, 1.165) is 24.1 Å². The highest BCUT2D eigenvalue weighted by atomic mass is 16.3. The number of aromatic nitrogens is 3. The van der Waals surface area contributed by atoms with E-state index >= 15 is 0 Å². The van der Waals surface area contributed by atoms with Gasteiger partial charge in [0.1, 0.15) is 5.69 Å². The monoisotopic (exact) mass is 543 g/mol. The molecule has 4 heterocycles. The molecule has 0 unspecified atom stereocenters. The Morgan fingerprint density at radius 2 is 2.15 bits per heavy atom. The molecule has 2 aliphatic heterocycles. The summed E-state index contributed by atoms with van der Waals surface area (Å²) in [6, 6.07) is 10.6. The van der Waals surface area contributed by atoms with Crippen LogP contribution in [0.1, 0.15) is 54.4 Å². The number of anilines is 1. The number of amides is 2. The van der Waals surface area contributed by atoms with Crippen molar-refractivity contribution < 1.29 is 19.1 Å². The maximum absolute atomic E-state index is 13.9. The first-order valence-corrected chi connectivity index (χ1v) is 13.9. The third-order valence-corrected chi connectivity index (χ3v) is 9.28. The Bertz CT molecular complexity index is 1430. The number of para-hydroxylation sites is 1. The summed E-state index contributed by atoms with van der Waals surface area (Å²) in [5, 5.41) is 35.2. The van der Waals surface area contributed by atoms with Gasteiger partial charge in [-0.05, 0) is 67.2 Å². The molecule has 11 heteroatoms. The molecule has 0 radical (unpaired) electrons. The van der Waals surface area contributed by atoms with Crippen LogP contribution in [0.3, 0.4) is 0 Å². The van der Waals surface area contributed by atoms with Gasteiger partial charge in [-0.3, -0.25) is 14.3 Å². The van der Waals surface area contributed by atoms with Crippen LogP contribution in [0.4, 0.5) is 5.69 Å². The number of nitrogens with zero attached hydrogens (tertiary/aromatic N) is 5. The molecule has 1 saturated heterocycles. The topological polar surface area (TPSA) is 149 Å². The second-order valence-corrected chi connectivity index (χ2v) is 11.3. The minimum Gasteiger partial charge on any atom is -0.459 e. The number of likely N-dealkylation sites (tertiary alicyclic amines) is 1. The number of rotatable bonds is 7. The Morgan fingerprint density at radius 1 is 1.30 bits per heavy atom. The number of fused-ring (bicyclic) bond motifs is 2. The Morgan fingerprint density at radius 3 is 2.95 bits per heavy atom. The molecular weight excluding hydrogens is 510 g/mol. The highest BCUT2D eigenvalue weighted by molar-refractivity contribution is 6.07. The average Bonchev–Trinajstić information content (AvgIpc) is 3.72. The van der Waals surface area contributed by atoms with Gasteiger partial charge in [-0.25, -0.2) is 0 Å². The van der Waals surface area contributed by atoms with Crippen LogP contribution in [0.15, 0.2) is 53.3 Å². The normalized spacial score (nSPS) is 29.3. The van der Waals surface area contributed by atoms with Gasteiger partial charge in [0, 0.05) is 18.8 Å². The van der Waals surface area contributed by atoms with E-state index in [-0.39, 0.29) is 48.1 Å². The zero-order valence-corrected chi connectivity index (χ0v) is 22.4. The molecule has 208 valence electrons. The van der Waals surface area contributed by atoms with Gasteiger partial charge >= 0.3 is 0 Å². The highest BCUT2D eigenvalue weighted by Crippen LogP contribution is 2.51. The SMILES string of the molecule is C[C@@H]1[C@H]2C[C@@H]([C@@]3(CCn4cc(CNC(=O)c5ccco5)nn4)C(=O)Nc4ccccc43)N(C#N)C[C@@H]2CC[C@@H]1O. The summed E-state index contributed by atoms with van der Waals surface area (Å²) in [7, 11) is 0. The summed E-state index contributed by atoms with van der Waals surface area (Å²) in [5.41, 5.74) is 1.26. The quantitative estimate of drug-likeness (QED) is 0.385. The number of carbonyl (C=O) groups excluding carboxylic acids is 2. The summed E-state index contributed by atoms with van der Waals surface area (Å²) >= 11 is 0. The fraction of sp³-hybridized carbons (Fsp3) is 0.483. The van der Waals surface area contributed by atoms with Crippen molar-refractivity contribution in [2.24, 2.45) is 17.8 Å². The molecule has 40 heavy (non-hydrogen) atoms. The molecule has 2 amide bonds. The molecule has 3 aromatic rings. The molecule has 0 bridgehead atoms. The minimum absolute atomic E-state index is 0.105. The molecular formula is C29H33N7O4. The summed E-state index contributed by atoms with van der Waals surface area (Å²) < 4.78 is 6.80. The maximum atomic E-state index is 13.9. The van der Waals surface area contributed by atoms with Crippen molar-refractivity contribution >= 4 is 17.5 Å². The lowest BCUT2D eigenvalue weighted by molar-refractivity contribution is -0.126. The van der Waals surface area contributed by atoms with Gasteiger partial charge in [0.05, 0.1) is 36.6 Å². The molecule has 3 N–H and O–H groups in total. The first-order chi connectivity index (χ1) is 19.4. The van der Waals surface area contributed by atoms with Crippen molar-refractivity contribution in [1.29, 1.82) is 5.26 Å². The molecule has 2 aromatic heterocycles. The summed E-state index contributed by atoms with van der Waals surface area (Å²) in [5.74, 6) is 0.413. The predicted molar refractivity (Wildman–Crippen MR) is 143 cm³/mol. The molecule has 2 fully saturated rings. The van der Waals surface area contributed by atoms with Gasteiger partial charge in [0.25, 0.3) is 5.91 Å². The van der Waals surface area contributed by atoms with E-state index in [1.165, 1.54) is 6.26 Å². The molecule has 1 aliphatic carbocycles. The van der Waals surface area contributed by atoms with E-state index in [4.69, 9.17) is 4.42 Å². The lowest BCUT2D eigenvalue weighted by Gasteiger charge is -2.52. The van der Waals surface area contributed by atoms with Crippen LogP contribution < -0.4 is 10.6 Å². The second kappa shape index (κ2) is 10.4. The highest BCUT2D eigenvalue weighted by Gasteiger charge is 2.57. The zero-order chi connectivity index (χ0) is 27.9. The number of piperidine rings is 1. The second-order valence-electron chi connectivity index (χ2n) is 11.3. The Labute approximate surface area is 232 Å². The van der Waals surface area contributed by atoms with Crippen molar-refractivity contribution in [1.82, 2.24) is 25.2 Å². The molecule has 6 rings (SSSR count). The van der Waals surface area contributed by atoms with E-state index in [0.29, 0.717) is 37.5 Å². The van der Waals surface area contributed by atoms with Crippen LogP contribution >= 0.6 is 0 Å². The number of aliphatic hydroxyl groups is 1. The van der Waals surface area contributed by atoms with Gasteiger partial charge in [0.2, 0.25) is 5.91 Å². The van der Waals surface area contributed by atoms with Crippen LogP contribution in [-0.4, -0.2) is 55.5 Å². The summed E-state index contributed by atoms with van der Waals surface area (Å²) in [6.07, 6.45) is 7.94. The number of aliphatic hydroxyl groups excluding tert-OH is 1. The average molecular weight is 544 g/mol. The first kappa shape index (κ1) is 26.1. The molecule has 6 atom stereocenters. The van der Waals surface area contributed by atoms with Crippen molar-refractivity contribution in [3.63, 3.8) is 0 Å². The Balaban J connectivity index is 1.26. The van der Waals surface area contributed by atoms with Crippen LogP contribution in [0.25, 0.3) is 0 Å². The molecule has 3 aliphatic rings. The van der Waals surface area contributed by atoms with Gasteiger partial charge in [-0.2, -0.15) is 5.26 Å². The van der Waals surface area contributed by atoms with Gasteiger partial charge in [0.15, 0.2) is 12.0 Å². The van der Waals surface area contributed by atoms with Crippen LogP contribution in [-0.2, 0) is 23.3 Å². The van der Waals surface area contributed by atoms with Gasteiger partial charge in [-0.15, -0.1) is 5.10 Å². The van der Waals surface area contributed by atoms with E-state index < -0.39 is 5.41 Å². The summed E-state index contributed by atoms with van der Waals surface area (Å²) in [4.78, 5) is 28.0. The Hall–Kier alpha value is -4.17. The number of nitrogens with one attached hydrogen (secondary N) is 2. The minimum atomic E-state index is -0.973. The largest absolute Gasteiger partial charge is 0.459 e. The molecule has 11 nitrogen and oxygen atoms in total. The molecule has 1 saturated carbocycles.